The largest absolute Gasteiger partial charge is 0.504 e. The van der Waals surface area contributed by atoms with Crippen LogP contribution in [-0.2, 0) is 16.6 Å². The first-order valence-corrected chi connectivity index (χ1v) is 8.64. The Bertz CT molecular complexity index is 803. The Balaban J connectivity index is 1.81. The summed E-state index contributed by atoms with van der Waals surface area (Å²) < 4.78 is 6.53. The Morgan fingerprint density at radius 2 is 2.17 bits per heavy atom. The molecule has 1 aromatic carbocycles. The van der Waals surface area contributed by atoms with Gasteiger partial charge >= 0.3 is 5.91 Å². The minimum Gasteiger partial charge on any atom is -0.504 e. The second kappa shape index (κ2) is 4.21. The number of ether oxygens (including phenoxy) is 1. The van der Waals surface area contributed by atoms with Gasteiger partial charge in [-0.1, -0.05) is 18.2 Å². The fourth-order valence-electron chi connectivity index (χ4n) is 5.81. The maximum Gasteiger partial charge on any atom is 0.310 e. The van der Waals surface area contributed by atoms with Gasteiger partial charge in [0.25, 0.3) is 0 Å². The molecule has 2 bridgehead atoms. The number of hydrogen-bond acceptors (Lipinski definition) is 4. The number of phenols is 1. The molecule has 2 aliphatic heterocycles. The van der Waals surface area contributed by atoms with Crippen molar-refractivity contribution in [2.75, 3.05) is 13.6 Å². The molecule has 6 atom stereocenters. The van der Waals surface area contributed by atoms with Crippen molar-refractivity contribution in [2.45, 2.75) is 43.4 Å². The summed E-state index contributed by atoms with van der Waals surface area (Å²) >= 11 is 0. The van der Waals surface area contributed by atoms with Gasteiger partial charge in [-0.3, -0.25) is 4.48 Å². The lowest BCUT2D eigenvalue weighted by atomic mass is 9.52. The van der Waals surface area contributed by atoms with Gasteiger partial charge in [0, 0.05) is 24.3 Å². The molecule has 1 fully saturated rings. The number of amides is 1. The molecule has 0 saturated carbocycles. The first kappa shape index (κ1) is 14.5. The summed E-state index contributed by atoms with van der Waals surface area (Å²) in [6, 6.07) is 3.79. The van der Waals surface area contributed by atoms with Gasteiger partial charge in [0.2, 0.25) is 0 Å². The van der Waals surface area contributed by atoms with Crippen LogP contribution in [0.3, 0.4) is 0 Å². The van der Waals surface area contributed by atoms with Crippen LogP contribution in [0, 0.1) is 5.92 Å². The molecular formula is C19H22NO4+. The molecule has 5 rings (SSSR count). The number of likely N-dealkylation sites (N-methyl/N-ethyl adjacent to an activating group) is 1. The van der Waals surface area contributed by atoms with Crippen molar-refractivity contribution < 1.29 is 24.2 Å². The van der Waals surface area contributed by atoms with Crippen molar-refractivity contribution in [3.8, 4) is 11.5 Å². The highest BCUT2D eigenvalue weighted by Gasteiger charge is 2.68. The number of nitrogens with zero attached hydrogens (tertiary/aromatic N) is 1. The second-order valence-electron chi connectivity index (χ2n) is 7.96. The molecule has 1 unspecified atom stereocenters. The maximum absolute atomic E-state index is 12.4. The molecule has 4 aliphatic rings. The van der Waals surface area contributed by atoms with E-state index in [1.165, 1.54) is 0 Å². The average Bonchev–Trinajstić information content (AvgIpc) is 2.90. The van der Waals surface area contributed by atoms with Crippen LogP contribution in [0.5, 0.6) is 11.5 Å². The highest BCUT2D eigenvalue weighted by molar-refractivity contribution is 5.67. The van der Waals surface area contributed by atoms with Gasteiger partial charge in [-0.25, -0.2) is 4.79 Å². The number of carbonyl (C=O) groups is 1. The molecule has 2 N–H and O–H groups in total. The number of quaternary nitrogens is 1. The number of phenolic OH excluding ortho intramolecular Hbond substituents is 1. The quantitative estimate of drug-likeness (QED) is 0.556. The van der Waals surface area contributed by atoms with Crippen LogP contribution in [-0.4, -0.2) is 52.4 Å². The lowest BCUT2D eigenvalue weighted by Gasteiger charge is -2.58. The van der Waals surface area contributed by atoms with E-state index in [1.54, 1.807) is 13.0 Å². The number of carbonyl (C=O) groups excluding carboxylic acids is 1. The molecule has 126 valence electrons. The van der Waals surface area contributed by atoms with Crippen LogP contribution >= 0.6 is 0 Å². The Morgan fingerprint density at radius 1 is 1.38 bits per heavy atom. The Morgan fingerprint density at radius 3 is 2.92 bits per heavy atom. The van der Waals surface area contributed by atoms with Crippen molar-refractivity contribution in [1.29, 1.82) is 0 Å². The molecular weight excluding hydrogens is 306 g/mol. The van der Waals surface area contributed by atoms with Gasteiger partial charge in [-0.15, -0.1) is 0 Å². The summed E-state index contributed by atoms with van der Waals surface area (Å²) in [5.41, 5.74) is 1.90. The van der Waals surface area contributed by atoms with Crippen molar-refractivity contribution in [3.63, 3.8) is 0 Å². The van der Waals surface area contributed by atoms with Gasteiger partial charge in [-0.2, -0.15) is 0 Å². The van der Waals surface area contributed by atoms with E-state index in [0.717, 1.165) is 30.5 Å². The molecule has 1 saturated heterocycles. The molecule has 2 aliphatic carbocycles. The van der Waals surface area contributed by atoms with Crippen LogP contribution in [0.1, 0.15) is 24.5 Å². The zero-order valence-electron chi connectivity index (χ0n) is 13.9. The highest BCUT2D eigenvalue weighted by Crippen LogP contribution is 2.63. The fourth-order valence-corrected chi connectivity index (χ4v) is 5.81. The third kappa shape index (κ3) is 1.38. The number of piperidine rings is 1. The molecule has 1 aromatic rings. The first-order valence-electron chi connectivity index (χ1n) is 8.64. The van der Waals surface area contributed by atoms with E-state index < -0.39 is 6.10 Å². The Hall–Kier alpha value is -1.85. The number of aliphatic hydroxyl groups excluding tert-OH is 1. The van der Waals surface area contributed by atoms with Crippen LogP contribution in [0.25, 0.3) is 0 Å². The summed E-state index contributed by atoms with van der Waals surface area (Å²) in [5, 5.41) is 20.9. The number of benzene rings is 1. The molecule has 1 amide bonds. The van der Waals surface area contributed by atoms with E-state index in [0.29, 0.717) is 10.2 Å². The van der Waals surface area contributed by atoms with E-state index in [-0.39, 0.29) is 35.1 Å². The summed E-state index contributed by atoms with van der Waals surface area (Å²) in [6.45, 7) is 2.42. The van der Waals surface area contributed by atoms with Gasteiger partial charge in [-0.05, 0) is 11.6 Å². The summed E-state index contributed by atoms with van der Waals surface area (Å²) in [6.07, 6.45) is 4.41. The topological polar surface area (TPSA) is 66.8 Å². The number of hydrogen-bond donors (Lipinski definition) is 2. The third-order valence-electron chi connectivity index (χ3n) is 7.15. The van der Waals surface area contributed by atoms with Crippen molar-refractivity contribution >= 4 is 5.91 Å². The smallest absolute Gasteiger partial charge is 0.310 e. The first-order chi connectivity index (χ1) is 11.4. The maximum atomic E-state index is 12.4. The van der Waals surface area contributed by atoms with Crippen molar-refractivity contribution in [3.05, 3.63) is 35.4 Å². The van der Waals surface area contributed by atoms with Crippen LogP contribution in [0.15, 0.2) is 24.3 Å². The summed E-state index contributed by atoms with van der Waals surface area (Å²) in [7, 11) is 2.04. The standard InChI is InChI=1S/C19H21NO4/c1-10(21)20(2)8-7-19-12-4-6-15(23)18(19)24-17-14(22)5-3-11(16(17)19)9-13(12)20/h3-6,12-13,15,18,23H,7-9H2,1-2H3/p+1/t12-,13+,15-,18-,19-,20?/m0/s1. The van der Waals surface area contributed by atoms with E-state index >= 15 is 0 Å². The van der Waals surface area contributed by atoms with Crippen molar-refractivity contribution in [1.82, 2.24) is 0 Å². The predicted octanol–water partition coefficient (Wildman–Crippen LogP) is 1.26. The van der Waals surface area contributed by atoms with Gasteiger partial charge in [0.15, 0.2) is 11.5 Å². The second-order valence-corrected chi connectivity index (χ2v) is 7.96. The minimum absolute atomic E-state index is 0.143. The molecule has 0 aromatic heterocycles. The van der Waals surface area contributed by atoms with E-state index in [9.17, 15) is 15.0 Å². The third-order valence-corrected chi connectivity index (χ3v) is 7.15. The zero-order chi connectivity index (χ0) is 16.9. The van der Waals surface area contributed by atoms with Gasteiger partial charge in [0.1, 0.15) is 18.2 Å². The average molecular weight is 328 g/mol. The van der Waals surface area contributed by atoms with E-state index in [2.05, 4.69) is 6.08 Å². The molecule has 0 radical (unpaired) electrons. The van der Waals surface area contributed by atoms with Crippen LogP contribution < -0.4 is 4.74 Å². The molecule has 5 nitrogen and oxygen atoms in total. The number of aromatic hydroxyl groups is 1. The zero-order valence-corrected chi connectivity index (χ0v) is 13.9. The van der Waals surface area contributed by atoms with E-state index in [4.69, 9.17) is 4.74 Å². The normalized spacial score (nSPS) is 44.0. The molecule has 1 spiro atoms. The number of rotatable bonds is 0. The lowest BCUT2D eigenvalue weighted by Crippen LogP contribution is -2.72. The number of aliphatic hydroxyl groups is 1. The number of likely N-dealkylation sites (tertiary alicyclic amines) is 1. The fraction of sp³-hybridized carbons (Fsp3) is 0.526. The Labute approximate surface area is 140 Å². The molecule has 2 heterocycles. The van der Waals surface area contributed by atoms with Gasteiger partial charge in [0.05, 0.1) is 25.9 Å². The predicted molar refractivity (Wildman–Crippen MR) is 86.7 cm³/mol. The SMILES string of the molecule is CC(=O)[N+]1(C)CC[C@]23c4c5ccc(O)c4O[C@H]2[C@@H](O)C=C[C@H]3[C@H]1C5. The lowest BCUT2D eigenvalue weighted by molar-refractivity contribution is -0.872. The Kier molecular flexibility index (Phi) is 2.54. The monoisotopic (exact) mass is 328 g/mol. The minimum atomic E-state index is -0.686. The van der Waals surface area contributed by atoms with E-state index in [1.807, 2.05) is 19.2 Å². The van der Waals surface area contributed by atoms with Crippen molar-refractivity contribution in [2.24, 2.45) is 5.92 Å². The summed E-state index contributed by atoms with van der Waals surface area (Å²) in [4.78, 5) is 12.4. The van der Waals surface area contributed by atoms with Crippen LogP contribution in [0.4, 0.5) is 0 Å². The highest BCUT2D eigenvalue weighted by atomic mass is 16.5. The molecule has 24 heavy (non-hydrogen) atoms. The molecule has 5 heteroatoms. The summed E-state index contributed by atoms with van der Waals surface area (Å²) in [5.74, 6) is 1.02. The van der Waals surface area contributed by atoms with Crippen LogP contribution in [0.2, 0.25) is 0 Å². The van der Waals surface area contributed by atoms with Gasteiger partial charge < -0.3 is 14.9 Å².